The Morgan fingerprint density at radius 1 is 1.05 bits per heavy atom. The Kier molecular flexibility index (Phi) is 5.36. The number of carbonyl (C=O) groups excluding carboxylic acids is 3. The summed E-state index contributed by atoms with van der Waals surface area (Å²) in [6, 6.07) is 13.5. The van der Waals surface area contributed by atoms with E-state index in [9.17, 15) is 14.4 Å². The third-order valence-electron chi connectivity index (χ3n) is 8.61. The highest BCUT2D eigenvalue weighted by Crippen LogP contribution is 2.49. The van der Waals surface area contributed by atoms with Crippen LogP contribution in [0.1, 0.15) is 52.9 Å². The minimum absolute atomic E-state index is 0.0628. The first kappa shape index (κ1) is 23.2. The molecule has 5 heterocycles. The van der Waals surface area contributed by atoms with E-state index in [-0.39, 0.29) is 23.7 Å². The zero-order chi connectivity index (χ0) is 25.9. The SMILES string of the molecule is O=C1CCC(N2Cc3c(ccc4c3OCC43CCN(Cc4c[nH]c(-c5ccccc5)n4)CC3)C2=O)C(=O)N1. The van der Waals surface area contributed by atoms with Gasteiger partial charge >= 0.3 is 0 Å². The molecule has 0 radical (unpaired) electrons. The van der Waals surface area contributed by atoms with E-state index in [1.807, 2.05) is 30.5 Å². The Balaban J connectivity index is 1.05. The number of ether oxygens (including phenoxy) is 1. The molecule has 0 saturated carbocycles. The number of fused-ring (bicyclic) bond motifs is 4. The molecule has 194 valence electrons. The lowest BCUT2D eigenvalue weighted by Gasteiger charge is -2.38. The van der Waals surface area contributed by atoms with Crippen LogP contribution in [0.2, 0.25) is 0 Å². The molecule has 2 fully saturated rings. The number of likely N-dealkylation sites (tertiary alicyclic amines) is 1. The molecule has 1 aromatic heterocycles. The quantitative estimate of drug-likeness (QED) is 0.522. The number of imide groups is 1. The van der Waals surface area contributed by atoms with Crippen LogP contribution >= 0.6 is 0 Å². The van der Waals surface area contributed by atoms with Crippen LogP contribution in [0.4, 0.5) is 0 Å². The maximum atomic E-state index is 13.2. The molecule has 1 spiro atoms. The topological polar surface area (TPSA) is 108 Å². The summed E-state index contributed by atoms with van der Waals surface area (Å²) in [5.74, 6) is 0.875. The van der Waals surface area contributed by atoms with Gasteiger partial charge < -0.3 is 14.6 Å². The van der Waals surface area contributed by atoms with Gasteiger partial charge in [-0.2, -0.15) is 0 Å². The zero-order valence-corrected chi connectivity index (χ0v) is 21.0. The average Bonchev–Trinajstić information content (AvgIpc) is 3.63. The van der Waals surface area contributed by atoms with Crippen molar-refractivity contribution >= 4 is 17.7 Å². The predicted molar refractivity (Wildman–Crippen MR) is 138 cm³/mol. The van der Waals surface area contributed by atoms with Gasteiger partial charge in [0.05, 0.1) is 18.8 Å². The largest absolute Gasteiger partial charge is 0.492 e. The summed E-state index contributed by atoms with van der Waals surface area (Å²) in [5.41, 5.74) is 4.72. The van der Waals surface area contributed by atoms with E-state index in [1.54, 1.807) is 4.90 Å². The molecule has 2 aromatic carbocycles. The molecule has 38 heavy (non-hydrogen) atoms. The molecule has 2 saturated heterocycles. The van der Waals surface area contributed by atoms with Crippen molar-refractivity contribution in [1.82, 2.24) is 25.1 Å². The number of nitrogens with one attached hydrogen (secondary N) is 2. The fourth-order valence-corrected chi connectivity index (χ4v) is 6.45. The molecule has 4 aliphatic heterocycles. The Labute approximate surface area is 220 Å². The fraction of sp³-hybridized carbons (Fsp3) is 0.379. The second-order valence-electron chi connectivity index (χ2n) is 10.8. The highest BCUT2D eigenvalue weighted by Gasteiger charge is 2.47. The number of H-pyrrole nitrogens is 1. The lowest BCUT2D eigenvalue weighted by Crippen LogP contribution is -2.52. The van der Waals surface area contributed by atoms with Gasteiger partial charge in [0.1, 0.15) is 17.6 Å². The van der Waals surface area contributed by atoms with Crippen LogP contribution in [0, 0.1) is 0 Å². The first-order valence-corrected chi connectivity index (χ1v) is 13.3. The van der Waals surface area contributed by atoms with E-state index in [0.717, 1.165) is 60.9 Å². The van der Waals surface area contributed by atoms with Crippen molar-refractivity contribution in [3.8, 4) is 17.1 Å². The molecule has 9 nitrogen and oxygen atoms in total. The standard InChI is InChI=1S/C29H29N5O4/c35-24-9-8-23(27(36)32-24)34-16-21-20(28(34)37)6-7-22-25(21)38-17-29(22)10-12-33(13-11-29)15-19-14-30-26(31-19)18-4-2-1-3-5-18/h1-7,14,23H,8-13,15-17H2,(H,30,31)(H,32,35,36). The molecular weight excluding hydrogens is 482 g/mol. The molecule has 2 N–H and O–H groups in total. The van der Waals surface area contributed by atoms with E-state index in [1.165, 1.54) is 5.56 Å². The van der Waals surface area contributed by atoms with Crippen molar-refractivity contribution in [2.24, 2.45) is 0 Å². The number of hydrogen-bond donors (Lipinski definition) is 2. The predicted octanol–water partition coefficient (Wildman–Crippen LogP) is 2.76. The van der Waals surface area contributed by atoms with Gasteiger partial charge in [-0.15, -0.1) is 0 Å². The molecule has 0 aliphatic carbocycles. The molecule has 1 unspecified atom stereocenters. The normalized spacial score (nSPS) is 22.4. The summed E-state index contributed by atoms with van der Waals surface area (Å²) >= 11 is 0. The minimum atomic E-state index is -0.619. The number of aromatic amines is 1. The lowest BCUT2D eigenvalue weighted by atomic mass is 9.74. The number of rotatable bonds is 4. The maximum Gasteiger partial charge on any atom is 0.255 e. The number of amides is 3. The van der Waals surface area contributed by atoms with E-state index >= 15 is 0 Å². The number of nitrogens with zero attached hydrogens (tertiary/aromatic N) is 3. The van der Waals surface area contributed by atoms with E-state index in [0.29, 0.717) is 25.1 Å². The second kappa shape index (κ2) is 8.80. The van der Waals surface area contributed by atoms with Gasteiger partial charge in [-0.25, -0.2) is 4.98 Å². The van der Waals surface area contributed by atoms with Gasteiger partial charge in [-0.05, 0) is 38.4 Å². The summed E-state index contributed by atoms with van der Waals surface area (Å²) in [6.07, 6.45) is 4.54. The molecule has 4 aliphatic rings. The van der Waals surface area contributed by atoms with Gasteiger partial charge in [-0.1, -0.05) is 36.4 Å². The van der Waals surface area contributed by atoms with Crippen LogP contribution in [0.5, 0.6) is 5.75 Å². The molecule has 3 aromatic rings. The third-order valence-corrected chi connectivity index (χ3v) is 8.61. The van der Waals surface area contributed by atoms with E-state index < -0.39 is 11.9 Å². The molecular formula is C29H29N5O4. The van der Waals surface area contributed by atoms with Gasteiger partial charge in [0, 0.05) is 46.8 Å². The van der Waals surface area contributed by atoms with Crippen molar-refractivity contribution < 1.29 is 19.1 Å². The molecule has 7 rings (SSSR count). The molecule has 0 bridgehead atoms. The number of imidazole rings is 1. The monoisotopic (exact) mass is 511 g/mol. The summed E-state index contributed by atoms with van der Waals surface area (Å²) in [7, 11) is 0. The Hall–Kier alpha value is -3.98. The third kappa shape index (κ3) is 3.72. The van der Waals surface area contributed by atoms with Crippen LogP contribution < -0.4 is 10.1 Å². The maximum absolute atomic E-state index is 13.2. The van der Waals surface area contributed by atoms with E-state index in [4.69, 9.17) is 9.72 Å². The smallest absolute Gasteiger partial charge is 0.255 e. The number of piperidine rings is 2. The lowest BCUT2D eigenvalue weighted by molar-refractivity contribution is -0.136. The second-order valence-corrected chi connectivity index (χ2v) is 10.8. The van der Waals surface area contributed by atoms with Gasteiger partial charge in [0.15, 0.2) is 0 Å². The Bertz CT molecular complexity index is 1440. The first-order valence-electron chi connectivity index (χ1n) is 13.3. The highest BCUT2D eigenvalue weighted by molar-refractivity contribution is 6.05. The Morgan fingerprint density at radius 3 is 2.66 bits per heavy atom. The van der Waals surface area contributed by atoms with Crippen molar-refractivity contribution in [3.63, 3.8) is 0 Å². The summed E-state index contributed by atoms with van der Waals surface area (Å²) in [6.45, 7) is 3.63. The zero-order valence-electron chi connectivity index (χ0n) is 21.0. The van der Waals surface area contributed by atoms with Gasteiger partial charge in [0.25, 0.3) is 5.91 Å². The van der Waals surface area contributed by atoms with Crippen molar-refractivity contribution in [3.05, 3.63) is 71.0 Å². The van der Waals surface area contributed by atoms with Gasteiger partial charge in [-0.3, -0.25) is 24.6 Å². The summed E-state index contributed by atoms with van der Waals surface area (Å²) in [4.78, 5) is 49.3. The van der Waals surface area contributed by atoms with Crippen LogP contribution in [-0.4, -0.2) is 63.2 Å². The van der Waals surface area contributed by atoms with Crippen LogP contribution in [-0.2, 0) is 28.1 Å². The van der Waals surface area contributed by atoms with Crippen molar-refractivity contribution in [2.45, 2.75) is 50.2 Å². The van der Waals surface area contributed by atoms with Gasteiger partial charge in [0.2, 0.25) is 11.8 Å². The number of carbonyl (C=O) groups is 3. The van der Waals surface area contributed by atoms with Crippen LogP contribution in [0.3, 0.4) is 0 Å². The summed E-state index contributed by atoms with van der Waals surface area (Å²) < 4.78 is 6.30. The molecule has 9 heteroatoms. The van der Waals surface area contributed by atoms with Crippen LogP contribution in [0.25, 0.3) is 11.4 Å². The molecule has 1 atom stereocenters. The number of hydrogen-bond acceptors (Lipinski definition) is 6. The number of aromatic nitrogens is 2. The fourth-order valence-electron chi connectivity index (χ4n) is 6.45. The highest BCUT2D eigenvalue weighted by atomic mass is 16.5. The molecule has 3 amide bonds. The first-order chi connectivity index (χ1) is 18.5. The average molecular weight is 512 g/mol. The minimum Gasteiger partial charge on any atom is -0.492 e. The van der Waals surface area contributed by atoms with Crippen molar-refractivity contribution in [1.29, 1.82) is 0 Å². The summed E-state index contributed by atoms with van der Waals surface area (Å²) in [5, 5.41) is 2.37. The Morgan fingerprint density at radius 2 is 1.87 bits per heavy atom. The van der Waals surface area contributed by atoms with Crippen molar-refractivity contribution in [2.75, 3.05) is 19.7 Å². The van der Waals surface area contributed by atoms with Crippen LogP contribution in [0.15, 0.2) is 48.7 Å². The number of benzene rings is 2. The van der Waals surface area contributed by atoms with E-state index in [2.05, 4.69) is 33.4 Å².